The van der Waals surface area contributed by atoms with Crippen LogP contribution < -0.4 is 0 Å². The highest BCUT2D eigenvalue weighted by molar-refractivity contribution is 7.89. The van der Waals surface area contributed by atoms with E-state index in [4.69, 9.17) is 0 Å². The summed E-state index contributed by atoms with van der Waals surface area (Å²) in [6.45, 7) is 2.78. The minimum absolute atomic E-state index is 0.124. The maximum absolute atomic E-state index is 13.1. The average molecular weight is 370 g/mol. The molecule has 0 spiro atoms. The van der Waals surface area contributed by atoms with E-state index in [2.05, 4.69) is 24.0 Å². The highest BCUT2D eigenvalue weighted by Crippen LogP contribution is 2.31. The molecule has 4 rings (SSSR count). The number of hydrogen-bond acceptors (Lipinski definition) is 2. The molecule has 6 heteroatoms. The van der Waals surface area contributed by atoms with Crippen LogP contribution in [0.3, 0.4) is 0 Å². The molecule has 4 nitrogen and oxygen atoms in total. The summed E-state index contributed by atoms with van der Waals surface area (Å²) in [6, 6.07) is 11.1. The van der Waals surface area contributed by atoms with Crippen molar-refractivity contribution in [1.82, 2.24) is 9.29 Å². The molecule has 0 saturated heterocycles. The number of para-hydroxylation sites is 1. The Kier molecular flexibility index (Phi) is 4.17. The van der Waals surface area contributed by atoms with Gasteiger partial charge in [-0.1, -0.05) is 24.3 Å². The first-order chi connectivity index (χ1) is 12.5. The zero-order valence-corrected chi connectivity index (χ0v) is 15.2. The molecule has 1 aromatic heterocycles. The van der Waals surface area contributed by atoms with E-state index in [1.807, 2.05) is 18.3 Å². The molecule has 1 aliphatic heterocycles. The maximum atomic E-state index is 13.1. The van der Waals surface area contributed by atoms with Gasteiger partial charge in [0.05, 0.1) is 4.90 Å². The Balaban J connectivity index is 1.62. The summed E-state index contributed by atoms with van der Waals surface area (Å²) in [7, 11) is -3.61. The van der Waals surface area contributed by atoms with Crippen LogP contribution in [0.1, 0.15) is 17.5 Å². The SMILES string of the molecule is Cc1cccc2c(C3=CCN(S(=O)(=O)c4ccc(F)cc4)CC3)c[nH]c12. The predicted molar refractivity (Wildman–Crippen MR) is 101 cm³/mol. The summed E-state index contributed by atoms with van der Waals surface area (Å²) >= 11 is 0. The molecule has 0 saturated carbocycles. The Hall–Kier alpha value is -2.44. The number of sulfonamides is 1. The van der Waals surface area contributed by atoms with E-state index in [0.29, 0.717) is 19.5 Å². The molecule has 1 N–H and O–H groups in total. The third-order valence-electron chi connectivity index (χ3n) is 4.89. The van der Waals surface area contributed by atoms with Crippen LogP contribution in [-0.2, 0) is 10.0 Å². The second-order valence-corrected chi connectivity index (χ2v) is 8.43. The number of halogens is 1. The van der Waals surface area contributed by atoms with Gasteiger partial charge < -0.3 is 4.98 Å². The fraction of sp³-hybridized carbons (Fsp3) is 0.200. The number of H-pyrrole nitrogens is 1. The summed E-state index contributed by atoms with van der Waals surface area (Å²) < 4.78 is 39.9. The summed E-state index contributed by atoms with van der Waals surface area (Å²) in [6.07, 6.45) is 4.60. The van der Waals surface area contributed by atoms with Crippen LogP contribution in [0.15, 0.2) is 59.6 Å². The summed E-state index contributed by atoms with van der Waals surface area (Å²) in [5.41, 5.74) is 4.57. The fourth-order valence-corrected chi connectivity index (χ4v) is 4.82. The van der Waals surface area contributed by atoms with Gasteiger partial charge in [-0.2, -0.15) is 4.31 Å². The molecular weight excluding hydrogens is 351 g/mol. The van der Waals surface area contributed by atoms with Crippen molar-refractivity contribution >= 4 is 26.5 Å². The number of hydrogen-bond donors (Lipinski definition) is 1. The Bertz CT molecular complexity index is 1100. The third kappa shape index (κ3) is 2.85. The minimum atomic E-state index is -3.61. The molecule has 0 aliphatic carbocycles. The Morgan fingerprint density at radius 3 is 2.58 bits per heavy atom. The van der Waals surface area contributed by atoms with Gasteiger partial charge in [-0.25, -0.2) is 12.8 Å². The first-order valence-electron chi connectivity index (χ1n) is 8.48. The zero-order valence-electron chi connectivity index (χ0n) is 14.4. The van der Waals surface area contributed by atoms with Crippen LogP contribution in [0, 0.1) is 12.7 Å². The molecule has 3 aromatic rings. The van der Waals surface area contributed by atoms with E-state index in [9.17, 15) is 12.8 Å². The predicted octanol–water partition coefficient (Wildman–Crippen LogP) is 4.09. The maximum Gasteiger partial charge on any atom is 0.243 e. The Morgan fingerprint density at radius 2 is 1.88 bits per heavy atom. The van der Waals surface area contributed by atoms with Crippen molar-refractivity contribution in [3.63, 3.8) is 0 Å². The number of aromatic amines is 1. The van der Waals surface area contributed by atoms with Crippen molar-refractivity contribution < 1.29 is 12.8 Å². The first-order valence-corrected chi connectivity index (χ1v) is 9.92. The van der Waals surface area contributed by atoms with Crippen LogP contribution in [-0.4, -0.2) is 30.8 Å². The van der Waals surface area contributed by atoms with Crippen molar-refractivity contribution in [3.05, 3.63) is 71.7 Å². The monoisotopic (exact) mass is 370 g/mol. The fourth-order valence-electron chi connectivity index (χ4n) is 3.44. The summed E-state index contributed by atoms with van der Waals surface area (Å²) in [5, 5.41) is 1.16. The van der Waals surface area contributed by atoms with Gasteiger partial charge in [0.1, 0.15) is 5.82 Å². The molecule has 0 amide bonds. The van der Waals surface area contributed by atoms with Crippen molar-refractivity contribution in [3.8, 4) is 0 Å². The number of aromatic nitrogens is 1. The Labute approximate surface area is 152 Å². The topological polar surface area (TPSA) is 53.2 Å². The normalized spacial score (nSPS) is 16.0. The van der Waals surface area contributed by atoms with Gasteiger partial charge >= 0.3 is 0 Å². The standard InChI is InChI=1S/C20H19FN2O2S/c1-14-3-2-4-18-19(13-22-20(14)18)15-9-11-23(12-10-15)26(24,25)17-7-5-16(21)6-8-17/h2-9,13,22H,10-12H2,1H3. The molecule has 0 radical (unpaired) electrons. The second-order valence-electron chi connectivity index (χ2n) is 6.50. The Morgan fingerprint density at radius 1 is 1.12 bits per heavy atom. The number of fused-ring (bicyclic) bond motifs is 1. The molecule has 2 aromatic carbocycles. The molecule has 0 atom stereocenters. The lowest BCUT2D eigenvalue weighted by atomic mass is 9.99. The van der Waals surface area contributed by atoms with Crippen LogP contribution in [0.2, 0.25) is 0 Å². The van der Waals surface area contributed by atoms with Gasteiger partial charge in [0.15, 0.2) is 0 Å². The highest BCUT2D eigenvalue weighted by Gasteiger charge is 2.27. The van der Waals surface area contributed by atoms with Crippen molar-refractivity contribution in [2.45, 2.75) is 18.2 Å². The highest BCUT2D eigenvalue weighted by atomic mass is 32.2. The number of aryl methyl sites for hydroxylation is 1. The quantitative estimate of drug-likeness (QED) is 0.755. The largest absolute Gasteiger partial charge is 0.360 e. The smallest absolute Gasteiger partial charge is 0.243 e. The number of nitrogens with one attached hydrogen (secondary N) is 1. The van der Waals surface area contributed by atoms with Gasteiger partial charge in [0, 0.05) is 35.8 Å². The zero-order chi connectivity index (χ0) is 18.3. The van der Waals surface area contributed by atoms with Crippen LogP contribution in [0.25, 0.3) is 16.5 Å². The van der Waals surface area contributed by atoms with Crippen molar-refractivity contribution in [2.24, 2.45) is 0 Å². The lowest BCUT2D eigenvalue weighted by Gasteiger charge is -2.25. The molecule has 2 heterocycles. The van der Waals surface area contributed by atoms with E-state index in [-0.39, 0.29) is 4.90 Å². The molecule has 0 bridgehead atoms. The summed E-state index contributed by atoms with van der Waals surface area (Å²) in [5.74, 6) is -0.445. The van der Waals surface area contributed by atoms with Gasteiger partial charge in [0.25, 0.3) is 0 Å². The average Bonchev–Trinajstić information content (AvgIpc) is 3.08. The molecular formula is C20H19FN2O2S. The van der Waals surface area contributed by atoms with Crippen molar-refractivity contribution in [2.75, 3.05) is 13.1 Å². The number of rotatable bonds is 3. The number of benzene rings is 2. The first kappa shape index (κ1) is 17.0. The molecule has 0 unspecified atom stereocenters. The molecule has 1 aliphatic rings. The van der Waals surface area contributed by atoms with E-state index >= 15 is 0 Å². The molecule has 0 fully saturated rings. The lowest BCUT2D eigenvalue weighted by Crippen LogP contribution is -2.34. The van der Waals surface area contributed by atoms with E-state index in [1.165, 1.54) is 34.1 Å². The second kappa shape index (κ2) is 6.37. The van der Waals surface area contributed by atoms with Crippen molar-refractivity contribution in [1.29, 1.82) is 0 Å². The minimum Gasteiger partial charge on any atom is -0.360 e. The van der Waals surface area contributed by atoms with E-state index in [1.54, 1.807) is 0 Å². The molecule has 26 heavy (non-hydrogen) atoms. The van der Waals surface area contributed by atoms with Gasteiger partial charge in [-0.3, -0.25) is 0 Å². The van der Waals surface area contributed by atoms with Crippen LogP contribution in [0.4, 0.5) is 4.39 Å². The van der Waals surface area contributed by atoms with Crippen LogP contribution >= 0.6 is 0 Å². The molecule has 134 valence electrons. The lowest BCUT2D eigenvalue weighted by molar-refractivity contribution is 0.441. The van der Waals surface area contributed by atoms with Gasteiger partial charge in [-0.05, 0) is 48.7 Å². The van der Waals surface area contributed by atoms with Gasteiger partial charge in [0.2, 0.25) is 10.0 Å². The van der Waals surface area contributed by atoms with E-state index < -0.39 is 15.8 Å². The number of nitrogens with zero attached hydrogens (tertiary/aromatic N) is 1. The van der Waals surface area contributed by atoms with Gasteiger partial charge in [-0.15, -0.1) is 0 Å². The van der Waals surface area contributed by atoms with Crippen LogP contribution in [0.5, 0.6) is 0 Å². The third-order valence-corrected chi connectivity index (χ3v) is 6.77. The summed E-state index contributed by atoms with van der Waals surface area (Å²) in [4.78, 5) is 3.44. The van der Waals surface area contributed by atoms with E-state index in [0.717, 1.165) is 22.0 Å².